The lowest BCUT2D eigenvalue weighted by atomic mass is 9.91. The first kappa shape index (κ1) is 17.9. The highest BCUT2D eigenvalue weighted by Crippen LogP contribution is 2.25. The van der Waals surface area contributed by atoms with Crippen molar-refractivity contribution in [2.24, 2.45) is 0 Å². The summed E-state index contributed by atoms with van der Waals surface area (Å²) >= 11 is 0. The Morgan fingerprint density at radius 1 is 1.08 bits per heavy atom. The molecule has 2 saturated carbocycles. The second-order valence-electron chi connectivity index (χ2n) is 7.21. The van der Waals surface area contributed by atoms with Crippen LogP contribution < -0.4 is 16.0 Å². The molecule has 25 heavy (non-hydrogen) atoms. The highest BCUT2D eigenvalue weighted by atomic mass is 16.3. The van der Waals surface area contributed by atoms with Gasteiger partial charge >= 0.3 is 0 Å². The van der Waals surface area contributed by atoms with Gasteiger partial charge in [0.25, 0.3) is 0 Å². The highest BCUT2D eigenvalue weighted by Gasteiger charge is 2.23. The van der Waals surface area contributed by atoms with Crippen LogP contribution in [0.1, 0.15) is 56.9 Å². The summed E-state index contributed by atoms with van der Waals surface area (Å²) in [6.45, 7) is 0. The number of anilines is 2. The fraction of sp³-hybridized carbons (Fsp3) is 0.722. The van der Waals surface area contributed by atoms with Crippen molar-refractivity contribution in [3.05, 3.63) is 11.8 Å². The van der Waals surface area contributed by atoms with Gasteiger partial charge in [0.05, 0.1) is 12.3 Å². The Hall–Kier alpha value is -1.91. The summed E-state index contributed by atoms with van der Waals surface area (Å²) in [5.74, 6) is 1.15. The molecule has 0 unspecified atom stereocenters. The zero-order valence-corrected chi connectivity index (χ0v) is 14.8. The molecule has 4 N–H and O–H groups in total. The molecule has 2 aliphatic carbocycles. The zero-order valence-electron chi connectivity index (χ0n) is 14.8. The van der Waals surface area contributed by atoms with Crippen molar-refractivity contribution < 1.29 is 5.11 Å². The van der Waals surface area contributed by atoms with E-state index in [1.165, 1.54) is 0 Å². The largest absolute Gasteiger partial charge is 0.393 e. The number of rotatable bonds is 5. The summed E-state index contributed by atoms with van der Waals surface area (Å²) in [5, 5.41) is 29.3. The van der Waals surface area contributed by atoms with Crippen LogP contribution >= 0.6 is 0 Å². The summed E-state index contributed by atoms with van der Waals surface area (Å²) in [6.07, 6.45) is 9.33. The fourth-order valence-electron chi connectivity index (χ4n) is 3.84. The topological polar surface area (TPSA) is 106 Å². The lowest BCUT2D eigenvalue weighted by Crippen LogP contribution is -2.35. The minimum atomic E-state index is -0.265. The molecular formula is C18H28N6O. The van der Waals surface area contributed by atoms with E-state index in [0.29, 0.717) is 35.8 Å². The molecule has 2 aliphatic rings. The van der Waals surface area contributed by atoms with Gasteiger partial charge in [-0.1, -0.05) is 0 Å². The predicted molar refractivity (Wildman–Crippen MR) is 97.4 cm³/mol. The van der Waals surface area contributed by atoms with Gasteiger partial charge in [-0.2, -0.15) is 10.2 Å². The van der Waals surface area contributed by atoms with Crippen molar-refractivity contribution in [3.63, 3.8) is 0 Å². The fourth-order valence-corrected chi connectivity index (χ4v) is 3.84. The first-order valence-corrected chi connectivity index (χ1v) is 9.33. The number of aliphatic hydroxyl groups is 1. The summed E-state index contributed by atoms with van der Waals surface area (Å²) in [4.78, 5) is 8.84. The molecule has 3 rings (SSSR count). The smallest absolute Gasteiger partial charge is 0.224 e. The van der Waals surface area contributed by atoms with E-state index in [1.54, 1.807) is 6.20 Å². The van der Waals surface area contributed by atoms with Crippen molar-refractivity contribution in [1.82, 2.24) is 15.3 Å². The van der Waals surface area contributed by atoms with E-state index in [9.17, 15) is 10.4 Å². The Morgan fingerprint density at radius 2 is 1.84 bits per heavy atom. The number of hydrogen-bond donors (Lipinski definition) is 4. The molecule has 7 nitrogen and oxygen atoms in total. The lowest BCUT2D eigenvalue weighted by molar-refractivity contribution is 0.124. The molecular weight excluding hydrogens is 316 g/mol. The van der Waals surface area contributed by atoms with Crippen LogP contribution in [0.2, 0.25) is 0 Å². The van der Waals surface area contributed by atoms with Crippen LogP contribution in [0, 0.1) is 11.3 Å². The van der Waals surface area contributed by atoms with Gasteiger partial charge in [0.1, 0.15) is 17.5 Å². The van der Waals surface area contributed by atoms with Crippen molar-refractivity contribution in [1.29, 1.82) is 5.26 Å². The maximum atomic E-state index is 9.84. The molecule has 136 valence electrons. The van der Waals surface area contributed by atoms with Crippen LogP contribution in [-0.4, -0.2) is 46.4 Å². The second-order valence-corrected chi connectivity index (χ2v) is 7.21. The normalized spacial score (nSPS) is 29.6. The molecule has 2 fully saturated rings. The van der Waals surface area contributed by atoms with Crippen LogP contribution in [0.4, 0.5) is 11.8 Å². The third kappa shape index (κ3) is 4.80. The lowest BCUT2D eigenvalue weighted by Gasteiger charge is -2.29. The number of hydrogen-bond acceptors (Lipinski definition) is 7. The highest BCUT2D eigenvalue weighted by molar-refractivity contribution is 5.54. The molecule has 1 aromatic rings. The molecule has 0 spiro atoms. The van der Waals surface area contributed by atoms with Crippen LogP contribution in [0.25, 0.3) is 0 Å². The van der Waals surface area contributed by atoms with E-state index in [4.69, 9.17) is 0 Å². The molecule has 0 aliphatic heterocycles. The van der Waals surface area contributed by atoms with Gasteiger partial charge < -0.3 is 21.1 Å². The Morgan fingerprint density at radius 3 is 2.52 bits per heavy atom. The van der Waals surface area contributed by atoms with E-state index in [1.807, 2.05) is 7.05 Å². The van der Waals surface area contributed by atoms with Gasteiger partial charge in [0.15, 0.2) is 0 Å². The second kappa shape index (κ2) is 8.45. The molecule has 1 heterocycles. The zero-order chi connectivity index (χ0) is 17.6. The van der Waals surface area contributed by atoms with E-state index in [2.05, 4.69) is 32.0 Å². The summed E-state index contributed by atoms with van der Waals surface area (Å²) < 4.78 is 0. The first-order chi connectivity index (χ1) is 12.2. The maximum absolute atomic E-state index is 9.84. The van der Waals surface area contributed by atoms with Gasteiger partial charge in [-0.3, -0.25) is 0 Å². The molecule has 1 aromatic heterocycles. The van der Waals surface area contributed by atoms with E-state index >= 15 is 0 Å². The average Bonchev–Trinajstić information content (AvgIpc) is 2.63. The van der Waals surface area contributed by atoms with E-state index in [0.717, 1.165) is 44.9 Å². The van der Waals surface area contributed by atoms with Gasteiger partial charge in [0, 0.05) is 18.1 Å². The molecule has 0 aromatic carbocycles. The minimum absolute atomic E-state index is 0.157. The predicted octanol–water partition coefficient (Wildman–Crippen LogP) is 2.01. The van der Waals surface area contributed by atoms with Crippen molar-refractivity contribution >= 4 is 11.8 Å². The summed E-state index contributed by atoms with van der Waals surface area (Å²) in [6, 6.07) is 3.29. The van der Waals surface area contributed by atoms with Gasteiger partial charge in [0.2, 0.25) is 5.95 Å². The third-order valence-corrected chi connectivity index (χ3v) is 5.37. The molecule has 2 atom stereocenters. The van der Waals surface area contributed by atoms with Crippen LogP contribution in [0.15, 0.2) is 6.20 Å². The monoisotopic (exact) mass is 344 g/mol. The van der Waals surface area contributed by atoms with E-state index < -0.39 is 0 Å². The summed E-state index contributed by atoms with van der Waals surface area (Å²) in [7, 11) is 2.02. The first-order valence-electron chi connectivity index (χ1n) is 9.33. The maximum Gasteiger partial charge on any atom is 0.224 e. The molecule has 7 heteroatoms. The number of aliphatic hydroxyl groups excluding tert-OH is 1. The average molecular weight is 344 g/mol. The van der Waals surface area contributed by atoms with Crippen LogP contribution in [-0.2, 0) is 0 Å². The number of nitrogens with one attached hydrogen (secondary N) is 3. The molecule has 0 saturated heterocycles. The Labute approximate surface area is 149 Å². The molecule has 0 radical (unpaired) electrons. The van der Waals surface area contributed by atoms with Gasteiger partial charge in [-0.15, -0.1) is 0 Å². The van der Waals surface area contributed by atoms with Gasteiger partial charge in [-0.05, 0) is 58.4 Å². The Balaban J connectivity index is 1.64. The van der Waals surface area contributed by atoms with Crippen LogP contribution in [0.3, 0.4) is 0 Å². The minimum Gasteiger partial charge on any atom is -0.393 e. The van der Waals surface area contributed by atoms with Gasteiger partial charge in [-0.25, -0.2) is 4.98 Å². The Bertz CT molecular complexity index is 608. The quantitative estimate of drug-likeness (QED) is 0.647. The Kier molecular flexibility index (Phi) is 6.05. The summed E-state index contributed by atoms with van der Waals surface area (Å²) in [5.41, 5.74) is 0.449. The third-order valence-electron chi connectivity index (χ3n) is 5.37. The SMILES string of the molecule is CNC1CCC(Nc2ncc(C#N)c(N[C@@H]3CCC[C@H](O)C3)n2)CC1. The van der Waals surface area contributed by atoms with Crippen LogP contribution in [0.5, 0.6) is 0 Å². The van der Waals surface area contributed by atoms with E-state index in [-0.39, 0.29) is 12.1 Å². The standard InChI is InChI=1S/C18H28N6O/c1-20-13-5-7-14(8-6-13)23-18-21-11-12(10-19)17(24-18)22-15-3-2-4-16(25)9-15/h11,13-16,20,25H,2-9H2,1H3,(H2,21,22,23,24)/t13?,14?,15-,16+/m1/s1. The molecule has 0 bridgehead atoms. The number of aromatic nitrogens is 2. The number of nitrogens with zero attached hydrogens (tertiary/aromatic N) is 3. The number of nitriles is 1. The molecule has 0 amide bonds. The van der Waals surface area contributed by atoms with Crippen molar-refractivity contribution in [3.8, 4) is 6.07 Å². The van der Waals surface area contributed by atoms with Crippen molar-refractivity contribution in [2.45, 2.75) is 75.6 Å². The van der Waals surface area contributed by atoms with Crippen molar-refractivity contribution in [2.75, 3.05) is 17.7 Å².